The summed E-state index contributed by atoms with van der Waals surface area (Å²) >= 11 is 0.920. The van der Waals surface area contributed by atoms with Crippen molar-refractivity contribution >= 4 is 11.3 Å². The average molecular weight is 259 g/mol. The van der Waals surface area contributed by atoms with Crippen molar-refractivity contribution in [1.29, 1.82) is 0 Å². The number of pyridine rings is 1. The van der Waals surface area contributed by atoms with E-state index in [1.165, 1.54) is 29.9 Å². The highest BCUT2D eigenvalue weighted by molar-refractivity contribution is 7.08. The van der Waals surface area contributed by atoms with E-state index < -0.39 is 17.8 Å². The van der Waals surface area contributed by atoms with Gasteiger partial charge in [-0.05, 0) is 23.1 Å². The maximum atomic E-state index is 12.6. The van der Waals surface area contributed by atoms with Crippen molar-refractivity contribution in [1.82, 2.24) is 4.98 Å². The molecule has 0 amide bonds. The van der Waals surface area contributed by atoms with E-state index in [0.29, 0.717) is 5.56 Å². The Kier molecular flexibility index (Phi) is 3.17. The maximum absolute atomic E-state index is 12.6. The molecule has 0 radical (unpaired) electrons. The fourth-order valence-corrected chi connectivity index (χ4v) is 2.35. The molecule has 17 heavy (non-hydrogen) atoms. The molecule has 0 aliphatic carbocycles. The Labute approximate surface area is 99.4 Å². The first-order chi connectivity index (χ1) is 8.00. The Balaban J connectivity index is 2.39. The average Bonchev–Trinajstić information content (AvgIpc) is 2.78. The van der Waals surface area contributed by atoms with E-state index in [0.717, 1.165) is 16.7 Å². The number of aromatic nitrogens is 1. The second-order valence-corrected chi connectivity index (χ2v) is 4.17. The van der Waals surface area contributed by atoms with Gasteiger partial charge in [0.1, 0.15) is 6.10 Å². The van der Waals surface area contributed by atoms with Gasteiger partial charge in [0.25, 0.3) is 0 Å². The maximum Gasteiger partial charge on any atom is 0.417 e. The number of rotatable bonds is 2. The Morgan fingerprint density at radius 2 is 1.82 bits per heavy atom. The molecule has 0 aromatic carbocycles. The molecule has 2 heterocycles. The molecule has 90 valence electrons. The molecule has 2 rings (SSSR count). The number of thiophene rings is 1. The highest BCUT2D eigenvalue weighted by Gasteiger charge is 2.36. The molecule has 0 bridgehead atoms. The van der Waals surface area contributed by atoms with E-state index in [1.54, 1.807) is 0 Å². The van der Waals surface area contributed by atoms with Gasteiger partial charge < -0.3 is 5.11 Å². The quantitative estimate of drug-likeness (QED) is 0.898. The van der Waals surface area contributed by atoms with Crippen molar-refractivity contribution < 1.29 is 18.3 Å². The third-order valence-electron chi connectivity index (χ3n) is 2.31. The molecule has 0 spiro atoms. The van der Waals surface area contributed by atoms with E-state index in [4.69, 9.17) is 0 Å². The van der Waals surface area contributed by atoms with Crippen molar-refractivity contribution in [2.75, 3.05) is 0 Å². The van der Waals surface area contributed by atoms with Crippen molar-refractivity contribution in [3.8, 4) is 0 Å². The molecule has 1 N–H and O–H groups in total. The van der Waals surface area contributed by atoms with Gasteiger partial charge in [0, 0.05) is 23.3 Å². The molecule has 1 atom stereocenters. The van der Waals surface area contributed by atoms with Crippen LogP contribution in [0.25, 0.3) is 0 Å². The first-order valence-electron chi connectivity index (χ1n) is 4.71. The smallest absolute Gasteiger partial charge is 0.384 e. The van der Waals surface area contributed by atoms with Crippen LogP contribution in [0.3, 0.4) is 0 Å². The molecule has 0 aliphatic rings. The summed E-state index contributed by atoms with van der Waals surface area (Å²) in [6.45, 7) is 0. The third-order valence-corrected chi connectivity index (χ3v) is 3.08. The minimum atomic E-state index is -4.44. The van der Waals surface area contributed by atoms with Gasteiger partial charge in [-0.25, -0.2) is 0 Å². The number of aliphatic hydroxyl groups excluding tert-OH is 1. The van der Waals surface area contributed by atoms with Gasteiger partial charge in [-0.3, -0.25) is 4.98 Å². The normalized spacial score (nSPS) is 13.6. The molecule has 2 aromatic heterocycles. The van der Waals surface area contributed by atoms with Crippen molar-refractivity contribution in [3.05, 3.63) is 52.0 Å². The number of aliphatic hydroxyl groups is 1. The number of alkyl halides is 3. The van der Waals surface area contributed by atoms with Crippen molar-refractivity contribution in [2.24, 2.45) is 0 Å². The summed E-state index contributed by atoms with van der Waals surface area (Å²) in [4.78, 5) is 3.75. The van der Waals surface area contributed by atoms with Gasteiger partial charge in [0.2, 0.25) is 0 Å². The van der Waals surface area contributed by atoms with Crippen LogP contribution in [0.4, 0.5) is 13.2 Å². The topological polar surface area (TPSA) is 33.1 Å². The monoisotopic (exact) mass is 259 g/mol. The fraction of sp³-hybridized carbons (Fsp3) is 0.182. The second kappa shape index (κ2) is 4.46. The number of nitrogens with zero attached hydrogens (tertiary/aromatic N) is 1. The van der Waals surface area contributed by atoms with Crippen LogP contribution >= 0.6 is 11.3 Å². The van der Waals surface area contributed by atoms with Crippen LogP contribution in [-0.4, -0.2) is 10.1 Å². The van der Waals surface area contributed by atoms with Gasteiger partial charge in [-0.15, -0.1) is 0 Å². The van der Waals surface area contributed by atoms with Crippen LogP contribution in [0, 0.1) is 0 Å². The lowest BCUT2D eigenvalue weighted by molar-refractivity contribution is -0.138. The third kappa shape index (κ3) is 2.48. The summed E-state index contributed by atoms with van der Waals surface area (Å²) in [6.07, 6.45) is -2.86. The highest BCUT2D eigenvalue weighted by Crippen LogP contribution is 2.38. The number of halogens is 3. The van der Waals surface area contributed by atoms with Crippen molar-refractivity contribution in [2.45, 2.75) is 12.3 Å². The zero-order valence-electron chi connectivity index (χ0n) is 8.48. The first kappa shape index (κ1) is 12.1. The predicted molar refractivity (Wildman–Crippen MR) is 57.6 cm³/mol. The molecule has 2 nitrogen and oxygen atoms in total. The minimum absolute atomic E-state index is 0.117. The molecular weight excluding hydrogens is 251 g/mol. The van der Waals surface area contributed by atoms with Crippen LogP contribution in [0.15, 0.2) is 35.3 Å². The van der Waals surface area contributed by atoms with Gasteiger partial charge in [-0.2, -0.15) is 24.5 Å². The van der Waals surface area contributed by atoms with E-state index >= 15 is 0 Å². The number of hydrogen-bond donors (Lipinski definition) is 1. The summed E-state index contributed by atoms with van der Waals surface area (Å²) in [5.41, 5.74) is -0.510. The molecule has 0 aliphatic heterocycles. The summed E-state index contributed by atoms with van der Waals surface area (Å²) in [5.74, 6) is 0. The van der Waals surface area contributed by atoms with Gasteiger partial charge >= 0.3 is 6.18 Å². The highest BCUT2D eigenvalue weighted by atomic mass is 32.1. The summed E-state index contributed by atoms with van der Waals surface area (Å²) in [6, 6.07) is 2.98. The second-order valence-electron chi connectivity index (χ2n) is 3.42. The molecular formula is C11H8F3NOS. The molecule has 1 unspecified atom stereocenters. The summed E-state index contributed by atoms with van der Waals surface area (Å²) < 4.78 is 37.9. The van der Waals surface area contributed by atoms with Crippen LogP contribution < -0.4 is 0 Å². The molecule has 2 aromatic rings. The summed E-state index contributed by atoms with van der Waals surface area (Å²) in [7, 11) is 0. The Bertz CT molecular complexity index is 495. The van der Waals surface area contributed by atoms with E-state index in [2.05, 4.69) is 4.98 Å². The first-order valence-corrected chi connectivity index (χ1v) is 5.65. The summed E-state index contributed by atoms with van der Waals surface area (Å²) in [5, 5.41) is 12.2. The fourth-order valence-electron chi connectivity index (χ4n) is 1.47. The van der Waals surface area contributed by atoms with Crippen LogP contribution in [0.2, 0.25) is 0 Å². The lowest BCUT2D eigenvalue weighted by Gasteiger charge is -2.13. The van der Waals surface area contributed by atoms with Gasteiger partial charge in [-0.1, -0.05) is 0 Å². The zero-order valence-corrected chi connectivity index (χ0v) is 9.29. The van der Waals surface area contributed by atoms with Crippen LogP contribution in [0.5, 0.6) is 0 Å². The van der Waals surface area contributed by atoms with Gasteiger partial charge in [0.15, 0.2) is 0 Å². The van der Waals surface area contributed by atoms with Gasteiger partial charge in [0.05, 0.1) is 5.56 Å². The van der Waals surface area contributed by atoms with E-state index in [1.807, 2.05) is 0 Å². The van der Waals surface area contributed by atoms with E-state index in [-0.39, 0.29) is 5.56 Å². The molecule has 6 heteroatoms. The lowest BCUT2D eigenvalue weighted by atomic mass is 10.0. The van der Waals surface area contributed by atoms with Crippen molar-refractivity contribution in [3.63, 3.8) is 0 Å². The molecule has 0 saturated heterocycles. The van der Waals surface area contributed by atoms with E-state index in [9.17, 15) is 18.3 Å². The molecule has 0 fully saturated rings. The standard InChI is InChI=1S/C11H8F3NOS/c12-11(13,14)9-6-17-5-8(9)10(16)7-1-3-15-4-2-7/h1-6,10,16H. The van der Waals surface area contributed by atoms with Crippen LogP contribution in [0.1, 0.15) is 22.8 Å². The SMILES string of the molecule is OC(c1ccncc1)c1cscc1C(F)(F)F. The zero-order chi connectivity index (χ0) is 12.5. The largest absolute Gasteiger partial charge is 0.417 e. The number of hydrogen-bond acceptors (Lipinski definition) is 3. The minimum Gasteiger partial charge on any atom is -0.384 e. The Hall–Kier alpha value is -1.40. The van der Waals surface area contributed by atoms with Crippen LogP contribution in [-0.2, 0) is 6.18 Å². The lowest BCUT2D eigenvalue weighted by Crippen LogP contribution is -2.10. The molecule has 0 saturated carbocycles. The Morgan fingerprint density at radius 3 is 2.41 bits per heavy atom. The predicted octanol–water partition coefficient (Wildman–Crippen LogP) is 3.24. The Morgan fingerprint density at radius 1 is 1.18 bits per heavy atom.